The lowest BCUT2D eigenvalue weighted by Crippen LogP contribution is -2.27. The highest BCUT2D eigenvalue weighted by Crippen LogP contribution is 2.33. The van der Waals surface area contributed by atoms with Gasteiger partial charge in [0.15, 0.2) is 0 Å². The monoisotopic (exact) mass is 411 g/mol. The van der Waals surface area contributed by atoms with Gasteiger partial charge in [0.2, 0.25) is 0 Å². The van der Waals surface area contributed by atoms with Gasteiger partial charge in [0.1, 0.15) is 0 Å². The third-order valence-corrected chi connectivity index (χ3v) is 5.41. The van der Waals surface area contributed by atoms with Gasteiger partial charge in [0.05, 0.1) is 28.4 Å². The highest BCUT2D eigenvalue weighted by Gasteiger charge is 2.25. The average molecular weight is 411 g/mol. The lowest BCUT2D eigenvalue weighted by molar-refractivity contribution is 0.0696. The molecule has 1 aliphatic heterocycles. The van der Waals surface area contributed by atoms with Gasteiger partial charge in [0, 0.05) is 19.6 Å². The number of nitriles is 1. The van der Waals surface area contributed by atoms with E-state index in [2.05, 4.69) is 16.3 Å². The van der Waals surface area contributed by atoms with Crippen molar-refractivity contribution >= 4 is 17.6 Å². The quantitative estimate of drug-likeness (QED) is 0.644. The van der Waals surface area contributed by atoms with Gasteiger partial charge in [0.25, 0.3) is 5.91 Å². The lowest BCUT2D eigenvalue weighted by atomic mass is 10.1. The van der Waals surface area contributed by atoms with Crippen LogP contribution in [0, 0.1) is 11.3 Å². The zero-order chi connectivity index (χ0) is 21.8. The Morgan fingerprint density at radius 1 is 1.03 bits per heavy atom. The maximum atomic E-state index is 13.0. The number of rotatable bonds is 6. The first kappa shape index (κ1) is 20.2. The number of fused-ring (bicyclic) bond motifs is 1. The van der Waals surface area contributed by atoms with Crippen molar-refractivity contribution in [3.63, 3.8) is 0 Å². The van der Waals surface area contributed by atoms with Crippen molar-refractivity contribution in [3.8, 4) is 6.07 Å². The highest BCUT2D eigenvalue weighted by atomic mass is 16.4. The molecule has 4 rings (SSSR count). The number of anilines is 1. The summed E-state index contributed by atoms with van der Waals surface area (Å²) in [6.45, 7) is 1.75. The summed E-state index contributed by atoms with van der Waals surface area (Å²) in [6, 6.07) is 21.9. The Kier molecular flexibility index (Phi) is 5.67. The summed E-state index contributed by atoms with van der Waals surface area (Å²) in [5, 5.41) is 21.1. The van der Waals surface area contributed by atoms with Crippen molar-refractivity contribution in [1.29, 1.82) is 5.26 Å². The Balaban J connectivity index is 1.50. The van der Waals surface area contributed by atoms with Crippen LogP contribution in [0.25, 0.3) is 0 Å². The van der Waals surface area contributed by atoms with E-state index in [0.29, 0.717) is 24.2 Å². The first-order chi connectivity index (χ1) is 15.0. The second-order valence-corrected chi connectivity index (χ2v) is 7.48. The van der Waals surface area contributed by atoms with Gasteiger partial charge in [-0.1, -0.05) is 36.4 Å². The second-order valence-electron chi connectivity index (χ2n) is 7.48. The number of amides is 1. The van der Waals surface area contributed by atoms with E-state index in [0.717, 1.165) is 35.3 Å². The SMILES string of the molecule is N#Cc1cccc(CN2CCc3cccc(C(=O)NCc4ccc(C(=O)O)cc4)c32)c1. The Morgan fingerprint density at radius 2 is 1.81 bits per heavy atom. The molecule has 1 aliphatic rings. The summed E-state index contributed by atoms with van der Waals surface area (Å²) in [4.78, 5) is 26.1. The third kappa shape index (κ3) is 4.41. The van der Waals surface area contributed by atoms with Crippen molar-refractivity contribution < 1.29 is 14.7 Å². The molecule has 0 unspecified atom stereocenters. The molecule has 0 atom stereocenters. The molecular weight excluding hydrogens is 390 g/mol. The van der Waals surface area contributed by atoms with Crippen LogP contribution < -0.4 is 10.2 Å². The molecule has 0 bridgehead atoms. The van der Waals surface area contributed by atoms with Crippen LogP contribution in [0.3, 0.4) is 0 Å². The van der Waals surface area contributed by atoms with E-state index < -0.39 is 5.97 Å². The Morgan fingerprint density at radius 3 is 2.55 bits per heavy atom. The molecule has 0 spiro atoms. The van der Waals surface area contributed by atoms with Gasteiger partial charge < -0.3 is 15.3 Å². The minimum Gasteiger partial charge on any atom is -0.478 e. The van der Waals surface area contributed by atoms with Gasteiger partial charge in [-0.2, -0.15) is 5.26 Å². The molecule has 2 N–H and O–H groups in total. The zero-order valence-corrected chi connectivity index (χ0v) is 16.8. The second kappa shape index (κ2) is 8.72. The van der Waals surface area contributed by atoms with E-state index in [4.69, 9.17) is 10.4 Å². The molecule has 31 heavy (non-hydrogen) atoms. The summed E-state index contributed by atoms with van der Waals surface area (Å²) in [5.74, 6) is -1.15. The lowest BCUT2D eigenvalue weighted by Gasteiger charge is -2.22. The van der Waals surface area contributed by atoms with Crippen molar-refractivity contribution in [2.45, 2.75) is 19.5 Å². The number of nitrogens with zero attached hydrogens (tertiary/aromatic N) is 2. The van der Waals surface area contributed by atoms with Crippen molar-refractivity contribution in [3.05, 3.63) is 100 Å². The van der Waals surface area contributed by atoms with Crippen LogP contribution in [-0.2, 0) is 19.5 Å². The Hall–Kier alpha value is -4.11. The number of nitrogens with one attached hydrogen (secondary N) is 1. The van der Waals surface area contributed by atoms with E-state index in [1.54, 1.807) is 18.2 Å². The predicted octanol–water partition coefficient (Wildman–Crippen LogP) is 3.75. The number of aromatic carboxylic acids is 1. The fourth-order valence-electron chi connectivity index (χ4n) is 3.88. The number of carboxylic acids is 1. The molecule has 0 aliphatic carbocycles. The van der Waals surface area contributed by atoms with E-state index in [-0.39, 0.29) is 11.5 Å². The summed E-state index contributed by atoms with van der Waals surface area (Å²) < 4.78 is 0. The van der Waals surface area contributed by atoms with Gasteiger partial charge in [-0.25, -0.2) is 4.79 Å². The number of hydrogen-bond donors (Lipinski definition) is 2. The summed E-state index contributed by atoms with van der Waals surface area (Å²) in [7, 11) is 0. The molecule has 0 saturated carbocycles. The summed E-state index contributed by atoms with van der Waals surface area (Å²) in [5.41, 5.74) is 5.38. The van der Waals surface area contributed by atoms with Crippen molar-refractivity contribution in [2.75, 3.05) is 11.4 Å². The molecule has 6 nitrogen and oxygen atoms in total. The maximum Gasteiger partial charge on any atom is 0.335 e. The van der Waals surface area contributed by atoms with Gasteiger partial charge in [-0.05, 0) is 53.4 Å². The largest absolute Gasteiger partial charge is 0.478 e. The molecule has 1 heterocycles. The average Bonchev–Trinajstić information content (AvgIpc) is 3.20. The molecule has 0 saturated heterocycles. The minimum absolute atomic E-state index is 0.170. The van der Waals surface area contributed by atoms with Crippen LogP contribution in [0.1, 0.15) is 43.0 Å². The molecular formula is C25H21N3O3. The minimum atomic E-state index is -0.976. The third-order valence-electron chi connectivity index (χ3n) is 5.41. The maximum absolute atomic E-state index is 13.0. The van der Waals surface area contributed by atoms with E-state index >= 15 is 0 Å². The van der Waals surface area contributed by atoms with Crippen molar-refractivity contribution in [1.82, 2.24) is 5.32 Å². The standard InChI is InChI=1S/C25H21N3O3/c26-14-18-3-1-4-19(13-18)16-28-12-11-20-5-2-6-22(23(20)28)24(29)27-15-17-7-9-21(10-8-17)25(30)31/h1-10,13H,11-12,15-16H2,(H,27,29)(H,30,31). The molecule has 0 aromatic heterocycles. The number of carbonyl (C=O) groups excluding carboxylic acids is 1. The van der Waals surface area contributed by atoms with Crippen molar-refractivity contribution in [2.24, 2.45) is 0 Å². The van der Waals surface area contributed by atoms with Gasteiger partial charge >= 0.3 is 5.97 Å². The van der Waals surface area contributed by atoms with Crippen LogP contribution in [0.5, 0.6) is 0 Å². The normalized spacial score (nSPS) is 12.2. The number of hydrogen-bond acceptors (Lipinski definition) is 4. The first-order valence-corrected chi connectivity index (χ1v) is 10.0. The number of carbonyl (C=O) groups is 2. The zero-order valence-electron chi connectivity index (χ0n) is 16.8. The predicted molar refractivity (Wildman–Crippen MR) is 117 cm³/mol. The topological polar surface area (TPSA) is 93.4 Å². The van der Waals surface area contributed by atoms with E-state index in [1.807, 2.05) is 36.4 Å². The van der Waals surface area contributed by atoms with E-state index in [1.165, 1.54) is 12.1 Å². The highest BCUT2D eigenvalue weighted by molar-refractivity contribution is 6.01. The Bertz CT molecular complexity index is 1180. The molecule has 3 aromatic rings. The van der Waals surface area contributed by atoms with E-state index in [9.17, 15) is 9.59 Å². The molecule has 0 radical (unpaired) electrons. The number of carboxylic acid groups (broad SMARTS) is 1. The molecule has 0 fully saturated rings. The van der Waals surface area contributed by atoms with Crippen LogP contribution in [0.4, 0.5) is 5.69 Å². The molecule has 6 heteroatoms. The first-order valence-electron chi connectivity index (χ1n) is 10.0. The number of para-hydroxylation sites is 1. The van der Waals surface area contributed by atoms with Gasteiger partial charge in [-0.3, -0.25) is 4.79 Å². The number of benzene rings is 3. The summed E-state index contributed by atoms with van der Waals surface area (Å²) in [6.07, 6.45) is 0.866. The fraction of sp³-hybridized carbons (Fsp3) is 0.160. The van der Waals surface area contributed by atoms with Gasteiger partial charge in [-0.15, -0.1) is 0 Å². The molecule has 154 valence electrons. The fourth-order valence-corrected chi connectivity index (χ4v) is 3.88. The van der Waals surface area contributed by atoms with Crippen LogP contribution in [-0.4, -0.2) is 23.5 Å². The van der Waals surface area contributed by atoms with Crippen LogP contribution >= 0.6 is 0 Å². The van der Waals surface area contributed by atoms with Crippen LogP contribution in [0.15, 0.2) is 66.7 Å². The smallest absolute Gasteiger partial charge is 0.335 e. The van der Waals surface area contributed by atoms with Crippen LogP contribution in [0.2, 0.25) is 0 Å². The Labute approximate surface area is 180 Å². The molecule has 3 aromatic carbocycles. The molecule has 1 amide bonds. The summed E-state index contributed by atoms with van der Waals surface area (Å²) >= 11 is 0.